The Morgan fingerprint density at radius 1 is 0.800 bits per heavy atom. The number of rotatable bonds is 18. The van der Waals surface area contributed by atoms with Crippen LogP contribution in [0, 0.1) is 0 Å². The number of unbranched alkanes of at least 4 members (excludes halogenated alkanes) is 1. The zero-order valence-corrected chi connectivity index (χ0v) is 18.8. The maximum atomic E-state index is 11.8. The molecule has 0 bridgehead atoms. The SMILES string of the molecule is CC/C=C\C/C=C\C/C=C\C/C=C\C/C=C\CCCC(=O)OC(CCC)CC(=O)O. The van der Waals surface area contributed by atoms with Crippen molar-refractivity contribution < 1.29 is 19.4 Å². The van der Waals surface area contributed by atoms with Gasteiger partial charge in [-0.25, -0.2) is 0 Å². The average molecular weight is 417 g/mol. The van der Waals surface area contributed by atoms with Crippen LogP contribution in [-0.4, -0.2) is 23.1 Å². The molecule has 4 heteroatoms. The maximum absolute atomic E-state index is 11.8. The minimum atomic E-state index is -0.931. The molecule has 0 radical (unpaired) electrons. The number of allylic oxidation sites excluding steroid dienone is 10. The summed E-state index contributed by atoms with van der Waals surface area (Å²) in [6.45, 7) is 4.09. The van der Waals surface area contributed by atoms with Crippen LogP contribution in [0.1, 0.15) is 84.5 Å². The highest BCUT2D eigenvalue weighted by Crippen LogP contribution is 2.10. The van der Waals surface area contributed by atoms with Gasteiger partial charge in [0.05, 0.1) is 6.42 Å². The fourth-order valence-electron chi connectivity index (χ4n) is 2.70. The lowest BCUT2D eigenvalue weighted by Crippen LogP contribution is -2.21. The normalized spacial score (nSPS) is 13.4. The lowest BCUT2D eigenvalue weighted by molar-refractivity contribution is -0.153. The molecule has 0 aliphatic rings. The molecule has 0 saturated heterocycles. The summed E-state index contributed by atoms with van der Waals surface area (Å²) in [7, 11) is 0. The van der Waals surface area contributed by atoms with Crippen LogP contribution in [0.4, 0.5) is 0 Å². The number of hydrogen-bond donors (Lipinski definition) is 1. The van der Waals surface area contributed by atoms with Crippen molar-refractivity contribution in [1.82, 2.24) is 0 Å². The lowest BCUT2D eigenvalue weighted by Gasteiger charge is -2.15. The highest BCUT2D eigenvalue weighted by Gasteiger charge is 2.16. The maximum Gasteiger partial charge on any atom is 0.307 e. The molecule has 1 atom stereocenters. The first kappa shape index (κ1) is 27.6. The molecule has 168 valence electrons. The molecule has 1 N–H and O–H groups in total. The van der Waals surface area contributed by atoms with E-state index in [0.29, 0.717) is 12.8 Å². The molecule has 0 rings (SSSR count). The van der Waals surface area contributed by atoms with E-state index >= 15 is 0 Å². The summed E-state index contributed by atoms with van der Waals surface area (Å²) in [6.07, 6.45) is 29.1. The van der Waals surface area contributed by atoms with Gasteiger partial charge in [-0.3, -0.25) is 9.59 Å². The Hall–Kier alpha value is -2.36. The quantitative estimate of drug-likeness (QED) is 0.147. The predicted octanol–water partition coefficient (Wildman–Crippen LogP) is 7.09. The van der Waals surface area contributed by atoms with Crippen molar-refractivity contribution in [2.24, 2.45) is 0 Å². The summed E-state index contributed by atoms with van der Waals surface area (Å²) in [5.41, 5.74) is 0. The van der Waals surface area contributed by atoms with E-state index < -0.39 is 12.1 Å². The molecule has 30 heavy (non-hydrogen) atoms. The van der Waals surface area contributed by atoms with Gasteiger partial charge in [0, 0.05) is 6.42 Å². The minimum absolute atomic E-state index is 0.117. The van der Waals surface area contributed by atoms with Crippen molar-refractivity contribution in [3.8, 4) is 0 Å². The summed E-state index contributed by atoms with van der Waals surface area (Å²) in [5.74, 6) is -1.23. The van der Waals surface area contributed by atoms with E-state index in [9.17, 15) is 9.59 Å². The van der Waals surface area contributed by atoms with Gasteiger partial charge in [-0.05, 0) is 51.4 Å². The zero-order chi connectivity index (χ0) is 22.3. The van der Waals surface area contributed by atoms with Gasteiger partial charge in [-0.2, -0.15) is 0 Å². The average Bonchev–Trinajstić information content (AvgIpc) is 2.70. The first-order chi connectivity index (χ1) is 14.6. The fraction of sp³-hybridized carbons (Fsp3) is 0.538. The van der Waals surface area contributed by atoms with E-state index in [2.05, 4.69) is 67.7 Å². The molecule has 0 fully saturated rings. The number of carboxylic acids is 1. The first-order valence-electron chi connectivity index (χ1n) is 11.3. The van der Waals surface area contributed by atoms with Crippen molar-refractivity contribution in [1.29, 1.82) is 0 Å². The summed E-state index contributed by atoms with van der Waals surface area (Å²) in [4.78, 5) is 22.6. The monoisotopic (exact) mass is 416 g/mol. The Morgan fingerprint density at radius 2 is 1.30 bits per heavy atom. The van der Waals surface area contributed by atoms with Crippen LogP contribution in [0.5, 0.6) is 0 Å². The number of carboxylic acid groups (broad SMARTS) is 1. The van der Waals surface area contributed by atoms with Crippen LogP contribution in [0.25, 0.3) is 0 Å². The smallest absolute Gasteiger partial charge is 0.307 e. The van der Waals surface area contributed by atoms with Crippen molar-refractivity contribution in [2.75, 3.05) is 0 Å². The number of ether oxygens (including phenoxy) is 1. The topological polar surface area (TPSA) is 63.6 Å². The molecular weight excluding hydrogens is 376 g/mol. The van der Waals surface area contributed by atoms with Crippen molar-refractivity contribution >= 4 is 11.9 Å². The highest BCUT2D eigenvalue weighted by molar-refractivity contribution is 5.71. The molecule has 0 aliphatic heterocycles. The predicted molar refractivity (Wildman–Crippen MR) is 125 cm³/mol. The van der Waals surface area contributed by atoms with E-state index in [4.69, 9.17) is 9.84 Å². The summed E-state index contributed by atoms with van der Waals surface area (Å²) in [6, 6.07) is 0. The lowest BCUT2D eigenvalue weighted by atomic mass is 10.1. The van der Waals surface area contributed by atoms with Gasteiger partial charge in [0.25, 0.3) is 0 Å². The fourth-order valence-corrected chi connectivity index (χ4v) is 2.70. The Balaban J connectivity index is 3.74. The molecule has 0 aromatic rings. The Kier molecular flexibility index (Phi) is 19.7. The molecule has 0 aliphatic carbocycles. The second-order valence-electron chi connectivity index (χ2n) is 7.10. The summed E-state index contributed by atoms with van der Waals surface area (Å²) in [5, 5.41) is 8.84. The summed E-state index contributed by atoms with van der Waals surface area (Å²) >= 11 is 0. The van der Waals surface area contributed by atoms with Gasteiger partial charge in [0.1, 0.15) is 6.10 Å². The van der Waals surface area contributed by atoms with Gasteiger partial charge >= 0.3 is 11.9 Å². The van der Waals surface area contributed by atoms with Gasteiger partial charge in [0.15, 0.2) is 0 Å². The molecule has 0 saturated carbocycles. The third-order valence-electron chi connectivity index (χ3n) is 4.22. The molecule has 0 aromatic carbocycles. The Morgan fingerprint density at radius 3 is 1.77 bits per heavy atom. The van der Waals surface area contributed by atoms with Gasteiger partial charge in [-0.15, -0.1) is 0 Å². The number of aliphatic carboxylic acids is 1. The van der Waals surface area contributed by atoms with Crippen LogP contribution >= 0.6 is 0 Å². The Labute approximate surface area is 183 Å². The van der Waals surface area contributed by atoms with Crippen LogP contribution in [0.3, 0.4) is 0 Å². The van der Waals surface area contributed by atoms with Crippen LogP contribution in [-0.2, 0) is 14.3 Å². The standard InChI is InChI=1S/C26H40O4/c1-3-5-6-7-8-9-10-11-12-13-14-15-16-17-18-19-20-22-26(29)30-24(21-4-2)23-25(27)28/h5-6,8-9,11-12,14-15,17-18,24H,3-4,7,10,13,16,19-23H2,1-2H3,(H,27,28)/b6-5-,9-8-,12-11-,15-14-,18-17-. The number of esters is 1. The second-order valence-corrected chi connectivity index (χ2v) is 7.10. The first-order valence-corrected chi connectivity index (χ1v) is 11.3. The van der Waals surface area contributed by atoms with Crippen molar-refractivity contribution in [3.63, 3.8) is 0 Å². The third kappa shape index (κ3) is 20.4. The summed E-state index contributed by atoms with van der Waals surface area (Å²) < 4.78 is 5.26. The highest BCUT2D eigenvalue weighted by atomic mass is 16.5. The van der Waals surface area contributed by atoms with Crippen molar-refractivity contribution in [3.05, 3.63) is 60.8 Å². The number of hydrogen-bond acceptors (Lipinski definition) is 3. The van der Waals surface area contributed by atoms with Crippen LogP contribution in [0.15, 0.2) is 60.8 Å². The molecule has 0 aromatic heterocycles. The van der Waals surface area contributed by atoms with Crippen molar-refractivity contribution in [2.45, 2.75) is 90.6 Å². The minimum Gasteiger partial charge on any atom is -0.481 e. The molecule has 0 amide bonds. The van der Waals surface area contributed by atoms with Gasteiger partial charge in [-0.1, -0.05) is 81.0 Å². The molecule has 4 nitrogen and oxygen atoms in total. The van der Waals surface area contributed by atoms with Gasteiger partial charge < -0.3 is 9.84 Å². The van der Waals surface area contributed by atoms with E-state index in [-0.39, 0.29) is 12.4 Å². The van der Waals surface area contributed by atoms with Crippen LogP contribution < -0.4 is 0 Å². The molecule has 1 unspecified atom stereocenters. The van der Waals surface area contributed by atoms with Gasteiger partial charge in [0.2, 0.25) is 0 Å². The molecular formula is C26H40O4. The van der Waals surface area contributed by atoms with E-state index in [1.807, 2.05) is 6.92 Å². The van der Waals surface area contributed by atoms with E-state index in [1.54, 1.807) is 0 Å². The third-order valence-corrected chi connectivity index (χ3v) is 4.22. The van der Waals surface area contributed by atoms with E-state index in [0.717, 1.165) is 51.4 Å². The second kappa shape index (κ2) is 21.4. The number of carbonyl (C=O) groups is 2. The molecule has 0 heterocycles. The largest absolute Gasteiger partial charge is 0.481 e. The number of carbonyl (C=O) groups excluding carboxylic acids is 1. The Bertz CT molecular complexity index is 582. The van der Waals surface area contributed by atoms with E-state index in [1.165, 1.54) is 0 Å². The van der Waals surface area contributed by atoms with Crippen LogP contribution in [0.2, 0.25) is 0 Å². The molecule has 0 spiro atoms. The zero-order valence-electron chi connectivity index (χ0n) is 18.8.